The van der Waals surface area contributed by atoms with E-state index in [0.29, 0.717) is 5.92 Å². The van der Waals surface area contributed by atoms with Gasteiger partial charge in [-0.1, -0.05) is 50.2 Å². The van der Waals surface area contributed by atoms with Crippen molar-refractivity contribution >= 4 is 12.1 Å². The van der Waals surface area contributed by atoms with Gasteiger partial charge >= 0.3 is 0 Å². The molecule has 0 radical (unpaired) electrons. The maximum absolute atomic E-state index is 13.6. The Morgan fingerprint density at radius 3 is 2.71 bits per heavy atom. The Morgan fingerprint density at radius 1 is 1.00 bits per heavy atom. The summed E-state index contributed by atoms with van der Waals surface area (Å²) in [5.41, 5.74) is 5.53. The van der Waals surface area contributed by atoms with Gasteiger partial charge in [0.05, 0.1) is 6.21 Å². The fourth-order valence-corrected chi connectivity index (χ4v) is 7.53. The molecule has 1 spiro atoms. The third kappa shape index (κ3) is 3.00. The highest BCUT2D eigenvalue weighted by Crippen LogP contribution is 2.60. The van der Waals surface area contributed by atoms with Gasteiger partial charge < -0.3 is 4.74 Å². The highest BCUT2D eigenvalue weighted by molar-refractivity contribution is 5.87. The Hall–Kier alpha value is -2.54. The first kappa shape index (κ1) is 21.7. The van der Waals surface area contributed by atoms with E-state index in [9.17, 15) is 4.79 Å². The summed E-state index contributed by atoms with van der Waals surface area (Å²) in [5, 5.41) is 6.35. The zero-order chi connectivity index (χ0) is 23.9. The fourth-order valence-electron chi connectivity index (χ4n) is 7.53. The van der Waals surface area contributed by atoms with Crippen molar-refractivity contribution in [3.05, 3.63) is 59.2 Å². The van der Waals surface area contributed by atoms with E-state index in [-0.39, 0.29) is 23.7 Å². The van der Waals surface area contributed by atoms with E-state index >= 15 is 0 Å². The van der Waals surface area contributed by atoms with Crippen molar-refractivity contribution in [1.82, 2.24) is 5.01 Å². The van der Waals surface area contributed by atoms with Gasteiger partial charge in [-0.15, -0.1) is 0 Å². The lowest BCUT2D eigenvalue weighted by Crippen LogP contribution is -2.74. The molecule has 1 saturated carbocycles. The van der Waals surface area contributed by atoms with Crippen LogP contribution in [0.15, 0.2) is 47.6 Å². The van der Waals surface area contributed by atoms with Gasteiger partial charge in [-0.3, -0.25) is 4.79 Å². The molecular weight excluding hydrogens is 440 g/mol. The van der Waals surface area contributed by atoms with E-state index in [1.54, 1.807) is 11.2 Å². The first-order valence-electron chi connectivity index (χ1n) is 13.0. The van der Waals surface area contributed by atoms with Crippen LogP contribution in [0.5, 0.6) is 0 Å². The van der Waals surface area contributed by atoms with Crippen LogP contribution in [0.4, 0.5) is 0 Å². The highest BCUT2D eigenvalue weighted by Gasteiger charge is 2.71. The van der Waals surface area contributed by atoms with Gasteiger partial charge in [-0.2, -0.15) is 5.10 Å². The summed E-state index contributed by atoms with van der Waals surface area (Å²) in [6, 6.07) is 15.0. The average Bonchev–Trinajstić information content (AvgIpc) is 3.07. The molecule has 2 aromatic carbocycles. The predicted octanol–water partition coefficient (Wildman–Crippen LogP) is 5.29. The number of ether oxygens (including phenoxy) is 1. The minimum atomic E-state index is -0.870. The molecule has 2 bridgehead atoms. The van der Waals surface area contributed by atoms with Crippen molar-refractivity contribution in [2.45, 2.75) is 70.5 Å². The standard InChI is InChI=1S/C29H32N2O4/c1-17-8-11-25-18(2)26(32)31(27-29(25)24(17)12-13-28(3,33-27)34-35-29)30-16-19-9-10-23-21(14-19)15-20-6-4-5-7-22(20)23/h4-7,9-10,14,16-18,24-25,27H,8,11-13,15H2,1-3H3/b30-16+/t17-,18-,24+,25+,27-,28-,29-/m1/s1. The normalized spacial score (nSPS) is 39.3. The van der Waals surface area contributed by atoms with E-state index in [0.717, 1.165) is 37.7 Å². The molecule has 2 aromatic rings. The second-order valence-electron chi connectivity index (χ2n) is 11.4. The van der Waals surface area contributed by atoms with Crippen molar-refractivity contribution in [3.63, 3.8) is 0 Å². The number of hydrogen-bond acceptors (Lipinski definition) is 5. The van der Waals surface area contributed by atoms with Crippen LogP contribution in [-0.4, -0.2) is 34.7 Å². The fraction of sp³-hybridized carbons (Fsp3) is 0.517. The van der Waals surface area contributed by atoms with Crippen LogP contribution >= 0.6 is 0 Å². The summed E-state index contributed by atoms with van der Waals surface area (Å²) in [7, 11) is 0. The van der Waals surface area contributed by atoms with Crippen molar-refractivity contribution in [3.8, 4) is 11.1 Å². The number of hydrogen-bond donors (Lipinski definition) is 0. The quantitative estimate of drug-likeness (QED) is 0.376. The number of benzene rings is 2. The van der Waals surface area contributed by atoms with Gasteiger partial charge in [-0.05, 0) is 78.3 Å². The molecule has 35 heavy (non-hydrogen) atoms. The summed E-state index contributed by atoms with van der Waals surface area (Å²) in [6.07, 6.45) is 5.90. The SMILES string of the molecule is C[C@@H]1CC[C@H]2[C@@H](C)C(=O)N(/N=C/c3ccc4c(c3)Cc3ccccc3-4)[C@@H]3O[C@@]4(C)CC[C@@H]1[C@@]23OO4. The molecule has 2 aliphatic carbocycles. The smallest absolute Gasteiger partial charge is 0.248 e. The molecule has 0 N–H and O–H groups in total. The lowest BCUT2D eigenvalue weighted by molar-refractivity contribution is -0.547. The highest BCUT2D eigenvalue weighted by atomic mass is 17.3. The number of carbonyl (C=O) groups is 1. The van der Waals surface area contributed by atoms with Crippen molar-refractivity contribution < 1.29 is 19.3 Å². The van der Waals surface area contributed by atoms with Crippen LogP contribution in [-0.2, 0) is 25.7 Å². The summed E-state index contributed by atoms with van der Waals surface area (Å²) in [6.45, 7) is 6.23. The second kappa shape index (κ2) is 7.48. The second-order valence-corrected chi connectivity index (χ2v) is 11.4. The molecule has 6 aliphatic rings. The van der Waals surface area contributed by atoms with E-state index in [1.807, 2.05) is 13.8 Å². The van der Waals surface area contributed by atoms with Gasteiger partial charge in [0.1, 0.15) is 0 Å². The van der Waals surface area contributed by atoms with Crippen LogP contribution in [0, 0.1) is 23.7 Å². The Labute approximate surface area is 206 Å². The van der Waals surface area contributed by atoms with Crippen molar-refractivity contribution in [2.75, 3.05) is 0 Å². The van der Waals surface area contributed by atoms with Crippen molar-refractivity contribution in [1.29, 1.82) is 0 Å². The van der Waals surface area contributed by atoms with Gasteiger partial charge in [-0.25, -0.2) is 14.8 Å². The molecule has 0 unspecified atom stereocenters. The van der Waals surface area contributed by atoms with E-state index in [1.165, 1.54) is 22.3 Å². The predicted molar refractivity (Wildman–Crippen MR) is 131 cm³/mol. The number of piperidine rings is 1. The number of carbonyl (C=O) groups excluding carboxylic acids is 1. The zero-order valence-corrected chi connectivity index (χ0v) is 20.6. The Morgan fingerprint density at radius 2 is 1.83 bits per heavy atom. The summed E-state index contributed by atoms with van der Waals surface area (Å²) < 4.78 is 6.56. The summed E-state index contributed by atoms with van der Waals surface area (Å²) in [4.78, 5) is 25.9. The lowest BCUT2D eigenvalue weighted by Gasteiger charge is -2.60. The summed E-state index contributed by atoms with van der Waals surface area (Å²) in [5.74, 6) is -0.265. The third-order valence-corrected chi connectivity index (χ3v) is 9.39. The molecule has 8 rings (SSSR count). The molecule has 5 fully saturated rings. The molecule has 4 aliphatic heterocycles. The zero-order valence-electron chi connectivity index (χ0n) is 20.6. The van der Waals surface area contributed by atoms with Crippen LogP contribution in [0.1, 0.15) is 63.1 Å². The van der Waals surface area contributed by atoms with Crippen LogP contribution in [0.3, 0.4) is 0 Å². The Bertz CT molecular complexity index is 1240. The number of nitrogens with zero attached hydrogens (tertiary/aromatic N) is 2. The monoisotopic (exact) mass is 472 g/mol. The number of hydrazone groups is 1. The largest absolute Gasteiger partial charge is 0.319 e. The molecule has 1 amide bonds. The topological polar surface area (TPSA) is 60.4 Å². The maximum Gasteiger partial charge on any atom is 0.248 e. The van der Waals surface area contributed by atoms with Gasteiger partial charge in [0.25, 0.3) is 0 Å². The van der Waals surface area contributed by atoms with Gasteiger partial charge in [0.2, 0.25) is 11.7 Å². The Balaban J connectivity index is 1.26. The molecule has 6 nitrogen and oxygen atoms in total. The van der Waals surface area contributed by atoms with E-state index in [2.05, 4.69) is 49.4 Å². The molecule has 7 atom stereocenters. The third-order valence-electron chi connectivity index (χ3n) is 9.39. The molecule has 6 heteroatoms. The van der Waals surface area contributed by atoms with Crippen LogP contribution < -0.4 is 0 Å². The average molecular weight is 473 g/mol. The molecule has 0 aromatic heterocycles. The number of amides is 1. The first-order chi connectivity index (χ1) is 16.9. The minimum absolute atomic E-state index is 0.00323. The molecule has 4 heterocycles. The lowest BCUT2D eigenvalue weighted by atomic mass is 9.57. The Kier molecular flexibility index (Phi) is 4.64. The number of fused-ring (bicyclic) bond motifs is 5. The van der Waals surface area contributed by atoms with Gasteiger partial charge in [0.15, 0.2) is 11.8 Å². The first-order valence-corrected chi connectivity index (χ1v) is 13.0. The van der Waals surface area contributed by atoms with E-state index < -0.39 is 17.6 Å². The van der Waals surface area contributed by atoms with Gasteiger partial charge in [0, 0.05) is 18.3 Å². The summed E-state index contributed by atoms with van der Waals surface area (Å²) >= 11 is 0. The molecule has 182 valence electrons. The van der Waals surface area contributed by atoms with E-state index in [4.69, 9.17) is 19.6 Å². The molecular formula is C29H32N2O4. The minimum Gasteiger partial charge on any atom is -0.319 e. The maximum atomic E-state index is 13.6. The van der Waals surface area contributed by atoms with Crippen LogP contribution in [0.25, 0.3) is 11.1 Å². The number of rotatable bonds is 2. The molecule has 4 saturated heterocycles. The van der Waals surface area contributed by atoms with Crippen molar-refractivity contribution in [2.24, 2.45) is 28.8 Å². The van der Waals surface area contributed by atoms with Crippen LogP contribution in [0.2, 0.25) is 0 Å².